The molecule has 1 fully saturated rings. The number of likely N-dealkylation sites (tertiary alicyclic amines) is 1. The Morgan fingerprint density at radius 1 is 1.04 bits per heavy atom. The molecule has 0 saturated carbocycles. The zero-order valence-electron chi connectivity index (χ0n) is 15.9. The summed E-state index contributed by atoms with van der Waals surface area (Å²) < 4.78 is 0. The molecule has 148 valence electrons. The first-order chi connectivity index (χ1) is 13.5. The summed E-state index contributed by atoms with van der Waals surface area (Å²) >= 11 is 11.8. The number of piperidine rings is 1. The lowest BCUT2D eigenvalue weighted by molar-refractivity contribution is 0.0635. The van der Waals surface area contributed by atoms with Gasteiger partial charge in [0.05, 0.1) is 10.0 Å². The molecule has 1 unspecified atom stereocenters. The smallest absolute Gasteiger partial charge is 0.254 e. The van der Waals surface area contributed by atoms with E-state index in [4.69, 9.17) is 23.2 Å². The molecule has 2 aromatic carbocycles. The van der Waals surface area contributed by atoms with Crippen LogP contribution in [0.5, 0.6) is 0 Å². The maximum Gasteiger partial charge on any atom is 0.254 e. The molecule has 0 spiro atoms. The second-order valence-electron chi connectivity index (χ2n) is 7.15. The number of hydrogen-bond donors (Lipinski definition) is 1. The number of ketones is 1. The molecule has 2 aromatic rings. The van der Waals surface area contributed by atoms with Crippen molar-refractivity contribution in [2.75, 3.05) is 18.4 Å². The zero-order valence-corrected chi connectivity index (χ0v) is 17.4. The Hall–Kier alpha value is -2.04. The van der Waals surface area contributed by atoms with Crippen LogP contribution in [0.3, 0.4) is 0 Å². The van der Waals surface area contributed by atoms with E-state index in [0.29, 0.717) is 40.2 Å². The first kappa shape index (κ1) is 20.7. The van der Waals surface area contributed by atoms with Crippen molar-refractivity contribution in [1.29, 1.82) is 0 Å². The molecule has 1 N–H and O–H groups in total. The Kier molecular flexibility index (Phi) is 6.97. The monoisotopic (exact) mass is 418 g/mol. The summed E-state index contributed by atoms with van der Waals surface area (Å²) in [6, 6.07) is 12.6. The molecule has 0 aromatic heterocycles. The summed E-state index contributed by atoms with van der Waals surface area (Å²) in [4.78, 5) is 26.9. The molecular weight excluding hydrogens is 395 g/mol. The first-order valence-electron chi connectivity index (χ1n) is 9.59. The minimum Gasteiger partial charge on any atom is -0.385 e. The molecule has 1 aliphatic heterocycles. The van der Waals surface area contributed by atoms with E-state index in [1.54, 1.807) is 18.2 Å². The van der Waals surface area contributed by atoms with Crippen LogP contribution in [0.25, 0.3) is 0 Å². The molecule has 0 radical (unpaired) electrons. The number of nitrogens with zero attached hydrogens (tertiary/aromatic N) is 1. The van der Waals surface area contributed by atoms with Crippen molar-refractivity contribution in [3.63, 3.8) is 0 Å². The standard InChI is InChI=1S/C22H24Cl2N2O2/c1-15-4-2-3-13-26(15)22(28)16-5-8-18(9-6-16)25-12-11-21(27)17-7-10-19(23)20(24)14-17/h5-10,14-15,25H,2-4,11-13H2,1H3. The van der Waals surface area contributed by atoms with E-state index in [1.165, 1.54) is 6.42 Å². The Morgan fingerprint density at radius 3 is 2.43 bits per heavy atom. The van der Waals surface area contributed by atoms with Crippen LogP contribution in [0.2, 0.25) is 10.0 Å². The van der Waals surface area contributed by atoms with Gasteiger partial charge >= 0.3 is 0 Å². The Labute approximate surface area is 175 Å². The Balaban J connectivity index is 1.52. The maximum atomic E-state index is 12.7. The number of anilines is 1. The third-order valence-electron chi connectivity index (χ3n) is 5.12. The van der Waals surface area contributed by atoms with Crippen LogP contribution in [0.1, 0.15) is 53.3 Å². The second-order valence-corrected chi connectivity index (χ2v) is 7.96. The van der Waals surface area contributed by atoms with Crippen molar-refractivity contribution in [1.82, 2.24) is 4.90 Å². The Bertz CT molecular complexity index is 852. The van der Waals surface area contributed by atoms with Crippen LogP contribution >= 0.6 is 23.2 Å². The molecule has 1 amide bonds. The minimum atomic E-state index is -0.00282. The molecule has 1 aliphatic rings. The van der Waals surface area contributed by atoms with Gasteiger partial charge in [0.15, 0.2) is 5.78 Å². The fourth-order valence-corrected chi connectivity index (χ4v) is 3.73. The average molecular weight is 419 g/mol. The zero-order chi connectivity index (χ0) is 20.1. The SMILES string of the molecule is CC1CCCCN1C(=O)c1ccc(NCCC(=O)c2ccc(Cl)c(Cl)c2)cc1. The maximum absolute atomic E-state index is 12.7. The van der Waals surface area contributed by atoms with Crippen molar-refractivity contribution in [3.8, 4) is 0 Å². The van der Waals surface area contributed by atoms with Crippen LogP contribution in [0.15, 0.2) is 42.5 Å². The number of carbonyl (C=O) groups is 2. The number of benzene rings is 2. The van der Waals surface area contributed by atoms with E-state index in [0.717, 1.165) is 25.1 Å². The molecule has 1 saturated heterocycles. The van der Waals surface area contributed by atoms with Crippen LogP contribution < -0.4 is 5.32 Å². The molecular formula is C22H24Cl2N2O2. The van der Waals surface area contributed by atoms with Crippen LogP contribution in [-0.2, 0) is 0 Å². The van der Waals surface area contributed by atoms with E-state index in [2.05, 4.69) is 12.2 Å². The number of halogens is 2. The average Bonchev–Trinajstić information content (AvgIpc) is 2.70. The lowest BCUT2D eigenvalue weighted by Gasteiger charge is -2.33. The van der Waals surface area contributed by atoms with E-state index in [1.807, 2.05) is 29.2 Å². The number of amides is 1. The summed E-state index contributed by atoms with van der Waals surface area (Å²) in [6.07, 6.45) is 3.67. The van der Waals surface area contributed by atoms with Gasteiger partial charge in [-0.15, -0.1) is 0 Å². The fraction of sp³-hybridized carbons (Fsp3) is 0.364. The quantitative estimate of drug-likeness (QED) is 0.612. The van der Waals surface area contributed by atoms with Gasteiger partial charge in [-0.2, -0.15) is 0 Å². The number of nitrogens with one attached hydrogen (secondary N) is 1. The molecule has 1 heterocycles. The van der Waals surface area contributed by atoms with Gasteiger partial charge in [0.25, 0.3) is 5.91 Å². The highest BCUT2D eigenvalue weighted by molar-refractivity contribution is 6.42. The van der Waals surface area contributed by atoms with Gasteiger partial charge in [-0.05, 0) is 68.7 Å². The summed E-state index contributed by atoms with van der Waals surface area (Å²) in [5.41, 5.74) is 2.13. The number of Topliss-reactive ketones (excluding diaryl/α,β-unsaturated/α-hetero) is 1. The number of carbonyl (C=O) groups excluding carboxylic acids is 2. The lowest BCUT2D eigenvalue weighted by atomic mass is 10.0. The van der Waals surface area contributed by atoms with Crippen molar-refractivity contribution < 1.29 is 9.59 Å². The Morgan fingerprint density at radius 2 is 1.75 bits per heavy atom. The minimum absolute atomic E-state index is 0.00282. The van der Waals surface area contributed by atoms with Crippen molar-refractivity contribution in [3.05, 3.63) is 63.6 Å². The van der Waals surface area contributed by atoms with Gasteiger partial charge < -0.3 is 10.2 Å². The molecule has 0 bridgehead atoms. The van der Waals surface area contributed by atoms with Crippen LogP contribution in [0.4, 0.5) is 5.69 Å². The van der Waals surface area contributed by atoms with E-state index >= 15 is 0 Å². The third kappa shape index (κ3) is 5.06. The van der Waals surface area contributed by atoms with Gasteiger partial charge in [-0.1, -0.05) is 23.2 Å². The van der Waals surface area contributed by atoms with Gasteiger partial charge in [-0.3, -0.25) is 9.59 Å². The first-order valence-corrected chi connectivity index (χ1v) is 10.3. The van der Waals surface area contributed by atoms with Crippen molar-refractivity contribution in [2.45, 2.75) is 38.6 Å². The second kappa shape index (κ2) is 9.44. The fourth-order valence-electron chi connectivity index (χ4n) is 3.43. The largest absolute Gasteiger partial charge is 0.385 e. The van der Waals surface area contributed by atoms with Gasteiger partial charge in [0.1, 0.15) is 0 Å². The highest BCUT2D eigenvalue weighted by Crippen LogP contribution is 2.23. The van der Waals surface area contributed by atoms with E-state index in [-0.39, 0.29) is 11.7 Å². The number of rotatable bonds is 6. The number of hydrogen-bond acceptors (Lipinski definition) is 3. The molecule has 3 rings (SSSR count). The summed E-state index contributed by atoms with van der Waals surface area (Å²) in [5, 5.41) is 4.03. The predicted molar refractivity (Wildman–Crippen MR) is 115 cm³/mol. The normalized spacial score (nSPS) is 16.7. The molecule has 6 heteroatoms. The van der Waals surface area contributed by atoms with Crippen molar-refractivity contribution >= 4 is 40.6 Å². The van der Waals surface area contributed by atoms with E-state index < -0.39 is 0 Å². The summed E-state index contributed by atoms with van der Waals surface area (Å²) in [6.45, 7) is 3.43. The molecule has 28 heavy (non-hydrogen) atoms. The van der Waals surface area contributed by atoms with Gasteiger partial charge in [-0.25, -0.2) is 0 Å². The van der Waals surface area contributed by atoms with Crippen molar-refractivity contribution in [2.24, 2.45) is 0 Å². The molecule has 1 atom stereocenters. The summed E-state index contributed by atoms with van der Waals surface area (Å²) in [5.74, 6) is 0.0884. The molecule has 0 aliphatic carbocycles. The predicted octanol–water partition coefficient (Wildman–Crippen LogP) is 5.69. The van der Waals surface area contributed by atoms with Gasteiger partial charge in [0, 0.05) is 42.4 Å². The highest BCUT2D eigenvalue weighted by Gasteiger charge is 2.23. The highest BCUT2D eigenvalue weighted by atomic mass is 35.5. The van der Waals surface area contributed by atoms with Crippen LogP contribution in [0, 0.1) is 0 Å². The van der Waals surface area contributed by atoms with Gasteiger partial charge in [0.2, 0.25) is 0 Å². The third-order valence-corrected chi connectivity index (χ3v) is 5.86. The summed E-state index contributed by atoms with van der Waals surface area (Å²) in [7, 11) is 0. The van der Waals surface area contributed by atoms with E-state index in [9.17, 15) is 9.59 Å². The lowest BCUT2D eigenvalue weighted by Crippen LogP contribution is -2.41. The van der Waals surface area contributed by atoms with Crippen LogP contribution in [-0.4, -0.2) is 35.7 Å². The molecule has 4 nitrogen and oxygen atoms in total. The topological polar surface area (TPSA) is 49.4 Å².